The lowest BCUT2D eigenvalue weighted by Gasteiger charge is -2.19. The van der Waals surface area contributed by atoms with Gasteiger partial charge in [0.1, 0.15) is 17.2 Å². The van der Waals surface area contributed by atoms with Crippen molar-refractivity contribution < 1.29 is 18.3 Å². The zero-order valence-corrected chi connectivity index (χ0v) is 12.7. The molecule has 0 aliphatic carbocycles. The summed E-state index contributed by atoms with van der Waals surface area (Å²) < 4.78 is 24.0. The van der Waals surface area contributed by atoms with E-state index in [-0.39, 0.29) is 11.6 Å². The molecular weight excluding hydrogens is 271 g/mol. The molecule has 0 bridgehead atoms. The van der Waals surface area contributed by atoms with E-state index in [9.17, 15) is 9.18 Å². The number of carbonyl (C=O) groups is 1. The summed E-state index contributed by atoms with van der Waals surface area (Å²) in [7, 11) is 1.59. The second-order valence-corrected chi connectivity index (χ2v) is 5.54. The quantitative estimate of drug-likeness (QED) is 0.778. The number of furan rings is 1. The average Bonchev–Trinajstić information content (AvgIpc) is 2.86. The fourth-order valence-corrected chi connectivity index (χ4v) is 2.08. The molecule has 0 unspecified atom stereocenters. The van der Waals surface area contributed by atoms with Gasteiger partial charge in [-0.25, -0.2) is 4.39 Å². The maximum atomic E-state index is 12.9. The highest BCUT2D eigenvalue weighted by Crippen LogP contribution is 2.30. The fraction of sp³-hybridized carbons (Fsp3) is 0.353. The van der Waals surface area contributed by atoms with E-state index >= 15 is 0 Å². The molecule has 0 aliphatic rings. The first-order chi connectivity index (χ1) is 9.83. The first-order valence-electron chi connectivity index (χ1n) is 6.77. The zero-order chi connectivity index (χ0) is 15.6. The molecule has 112 valence electrons. The zero-order valence-electron chi connectivity index (χ0n) is 12.7. The molecule has 1 aromatic heterocycles. The van der Waals surface area contributed by atoms with E-state index in [0.717, 1.165) is 11.1 Å². The van der Waals surface area contributed by atoms with E-state index < -0.39 is 5.60 Å². The molecule has 0 amide bonds. The number of Topliss-reactive ketones (excluding diaryl/α,β-unsaturated/α-hetero) is 1. The molecule has 2 aromatic rings. The number of ether oxygens (including phenoxy) is 1. The number of rotatable bonds is 5. The van der Waals surface area contributed by atoms with Crippen molar-refractivity contribution in [1.82, 2.24) is 0 Å². The van der Waals surface area contributed by atoms with Crippen molar-refractivity contribution in [2.75, 3.05) is 7.11 Å². The lowest BCUT2D eigenvalue weighted by Crippen LogP contribution is -2.18. The summed E-state index contributed by atoms with van der Waals surface area (Å²) in [6.45, 7) is 5.21. The van der Waals surface area contributed by atoms with Gasteiger partial charge in [-0.3, -0.25) is 4.79 Å². The number of benzene rings is 1. The van der Waals surface area contributed by atoms with Crippen molar-refractivity contribution in [3.8, 4) is 0 Å². The highest BCUT2D eigenvalue weighted by atomic mass is 19.1. The number of carbonyl (C=O) groups excluding carboxylic acids is 1. The van der Waals surface area contributed by atoms with Gasteiger partial charge in [-0.05, 0) is 37.6 Å². The number of ketones is 1. The van der Waals surface area contributed by atoms with Crippen molar-refractivity contribution in [2.45, 2.75) is 32.8 Å². The van der Waals surface area contributed by atoms with Gasteiger partial charge in [-0.1, -0.05) is 12.1 Å². The second-order valence-electron chi connectivity index (χ2n) is 5.54. The Labute approximate surface area is 123 Å². The number of halogens is 1. The lowest BCUT2D eigenvalue weighted by molar-refractivity contribution is 0.000345. The SMILES string of the molecule is COC(C)(C)c1cc(Cc2ccc(F)cc2)c(C(C)=O)o1. The molecule has 0 aliphatic heterocycles. The van der Waals surface area contributed by atoms with Crippen LogP contribution in [0.3, 0.4) is 0 Å². The predicted octanol–water partition coefficient (Wildman–Crippen LogP) is 4.09. The van der Waals surface area contributed by atoms with Crippen molar-refractivity contribution in [3.63, 3.8) is 0 Å². The van der Waals surface area contributed by atoms with Gasteiger partial charge in [-0.15, -0.1) is 0 Å². The van der Waals surface area contributed by atoms with E-state index in [2.05, 4.69) is 0 Å². The molecule has 3 nitrogen and oxygen atoms in total. The van der Waals surface area contributed by atoms with Gasteiger partial charge in [0, 0.05) is 26.0 Å². The fourth-order valence-electron chi connectivity index (χ4n) is 2.08. The highest BCUT2D eigenvalue weighted by molar-refractivity contribution is 5.93. The summed E-state index contributed by atoms with van der Waals surface area (Å²) in [5, 5.41) is 0. The standard InChI is InChI=1S/C17H19FO3/c1-11(19)16-13(9-12-5-7-14(18)8-6-12)10-15(21-16)17(2,3)20-4/h5-8,10H,9H2,1-4H3. The van der Waals surface area contributed by atoms with Crippen molar-refractivity contribution in [1.29, 1.82) is 0 Å². The number of methoxy groups -OCH3 is 1. The Hall–Kier alpha value is -1.94. The van der Waals surface area contributed by atoms with Crippen LogP contribution in [-0.2, 0) is 16.8 Å². The average molecular weight is 290 g/mol. The highest BCUT2D eigenvalue weighted by Gasteiger charge is 2.27. The van der Waals surface area contributed by atoms with Gasteiger partial charge in [0.2, 0.25) is 0 Å². The van der Waals surface area contributed by atoms with Gasteiger partial charge in [0.25, 0.3) is 0 Å². The monoisotopic (exact) mass is 290 g/mol. The van der Waals surface area contributed by atoms with Gasteiger partial charge in [0.15, 0.2) is 11.5 Å². The normalized spacial score (nSPS) is 11.7. The minimum Gasteiger partial charge on any atom is -0.455 e. The van der Waals surface area contributed by atoms with E-state index in [1.807, 2.05) is 19.9 Å². The van der Waals surface area contributed by atoms with Gasteiger partial charge in [-0.2, -0.15) is 0 Å². The maximum Gasteiger partial charge on any atom is 0.195 e. The molecule has 21 heavy (non-hydrogen) atoms. The minimum absolute atomic E-state index is 0.134. The first-order valence-corrected chi connectivity index (χ1v) is 6.77. The third-order valence-corrected chi connectivity index (χ3v) is 3.54. The molecule has 0 spiro atoms. The van der Waals surface area contributed by atoms with Crippen LogP contribution in [0, 0.1) is 5.82 Å². The van der Waals surface area contributed by atoms with E-state index in [1.54, 1.807) is 19.2 Å². The third kappa shape index (κ3) is 3.39. The second kappa shape index (κ2) is 5.82. The molecule has 0 saturated carbocycles. The third-order valence-electron chi connectivity index (χ3n) is 3.54. The molecule has 0 N–H and O–H groups in total. The first kappa shape index (κ1) is 15.4. The Morgan fingerprint density at radius 1 is 1.29 bits per heavy atom. The van der Waals surface area contributed by atoms with E-state index in [1.165, 1.54) is 19.1 Å². The topological polar surface area (TPSA) is 39.4 Å². The minimum atomic E-state index is -0.606. The molecule has 0 atom stereocenters. The number of hydrogen-bond acceptors (Lipinski definition) is 3. The Kier molecular flexibility index (Phi) is 4.28. The molecule has 1 aromatic carbocycles. The molecule has 4 heteroatoms. The van der Waals surface area contributed by atoms with Gasteiger partial charge >= 0.3 is 0 Å². The molecular formula is C17H19FO3. The van der Waals surface area contributed by atoms with Crippen LogP contribution in [0.4, 0.5) is 4.39 Å². The predicted molar refractivity (Wildman–Crippen MR) is 78.0 cm³/mol. The Morgan fingerprint density at radius 2 is 1.90 bits per heavy atom. The molecule has 0 radical (unpaired) electrons. The summed E-state index contributed by atoms with van der Waals surface area (Å²) in [6, 6.07) is 8.05. The van der Waals surface area contributed by atoms with Crippen LogP contribution < -0.4 is 0 Å². The Bertz CT molecular complexity index is 639. The summed E-state index contributed by atoms with van der Waals surface area (Å²) in [4.78, 5) is 11.7. The maximum absolute atomic E-state index is 12.9. The van der Waals surface area contributed by atoms with Crippen LogP contribution in [0.1, 0.15) is 48.2 Å². The van der Waals surface area contributed by atoms with Crippen LogP contribution in [0.5, 0.6) is 0 Å². The smallest absolute Gasteiger partial charge is 0.195 e. The van der Waals surface area contributed by atoms with Crippen LogP contribution >= 0.6 is 0 Å². The van der Waals surface area contributed by atoms with Gasteiger partial charge < -0.3 is 9.15 Å². The van der Waals surface area contributed by atoms with Crippen molar-refractivity contribution in [2.24, 2.45) is 0 Å². The Morgan fingerprint density at radius 3 is 2.43 bits per heavy atom. The summed E-state index contributed by atoms with van der Waals surface area (Å²) >= 11 is 0. The van der Waals surface area contributed by atoms with Crippen LogP contribution in [-0.4, -0.2) is 12.9 Å². The Balaban J connectivity index is 2.38. The summed E-state index contributed by atoms with van der Waals surface area (Å²) in [5.74, 6) is 0.524. The van der Waals surface area contributed by atoms with Crippen LogP contribution in [0.15, 0.2) is 34.7 Å². The van der Waals surface area contributed by atoms with E-state index in [0.29, 0.717) is 17.9 Å². The van der Waals surface area contributed by atoms with Crippen LogP contribution in [0.2, 0.25) is 0 Å². The van der Waals surface area contributed by atoms with Crippen LogP contribution in [0.25, 0.3) is 0 Å². The van der Waals surface area contributed by atoms with Crippen molar-refractivity contribution >= 4 is 5.78 Å². The summed E-state index contributed by atoms with van der Waals surface area (Å²) in [5.41, 5.74) is 1.10. The molecule has 0 saturated heterocycles. The van der Waals surface area contributed by atoms with Crippen molar-refractivity contribution in [3.05, 3.63) is 58.8 Å². The molecule has 2 rings (SSSR count). The number of hydrogen-bond donors (Lipinski definition) is 0. The van der Waals surface area contributed by atoms with Gasteiger partial charge in [0.05, 0.1) is 0 Å². The summed E-state index contributed by atoms with van der Waals surface area (Å²) in [6.07, 6.45) is 0.512. The lowest BCUT2D eigenvalue weighted by atomic mass is 10.0. The molecule has 0 fully saturated rings. The molecule has 1 heterocycles. The largest absolute Gasteiger partial charge is 0.455 e. The van der Waals surface area contributed by atoms with E-state index in [4.69, 9.17) is 9.15 Å².